The van der Waals surface area contributed by atoms with Gasteiger partial charge in [0.05, 0.1) is 22.5 Å². The monoisotopic (exact) mass is 344 g/mol. The van der Waals surface area contributed by atoms with Gasteiger partial charge in [-0.15, -0.1) is 0 Å². The summed E-state index contributed by atoms with van der Waals surface area (Å²) in [6, 6.07) is 0. The zero-order chi connectivity index (χ0) is 14.5. The normalized spacial score (nSPS) is 18.4. The average Bonchev–Trinajstić information content (AvgIpc) is 2.61. The molecule has 0 saturated carbocycles. The maximum absolute atomic E-state index is 9.04. The van der Waals surface area contributed by atoms with E-state index in [1.165, 1.54) is 10.2 Å². The maximum Gasteiger partial charge on any atom is 0.0767 e. The van der Waals surface area contributed by atoms with E-state index >= 15 is 0 Å². The maximum atomic E-state index is 9.04. The molecule has 0 radical (unpaired) electrons. The van der Waals surface area contributed by atoms with E-state index < -0.39 is 0 Å². The highest BCUT2D eigenvalue weighted by Crippen LogP contribution is 2.23. The van der Waals surface area contributed by atoms with Gasteiger partial charge in [0.25, 0.3) is 0 Å². The van der Waals surface area contributed by atoms with Crippen molar-refractivity contribution in [1.29, 1.82) is 0 Å². The molecule has 0 aromatic carbocycles. The van der Waals surface area contributed by atoms with Gasteiger partial charge < -0.3 is 5.11 Å². The molecule has 2 rings (SSSR count). The minimum absolute atomic E-state index is 0.257. The fourth-order valence-corrected chi connectivity index (χ4v) is 3.49. The number of nitrogens with zero attached hydrogens (tertiary/aromatic N) is 4. The predicted molar refractivity (Wildman–Crippen MR) is 83.7 cm³/mol. The molecule has 2 heterocycles. The SMILES string of the molecule is CCc1nn(C)c(CN2CCCN(CCO)CC2)c1Br. The highest BCUT2D eigenvalue weighted by molar-refractivity contribution is 9.10. The van der Waals surface area contributed by atoms with Crippen LogP contribution in [0.5, 0.6) is 0 Å². The Hall–Kier alpha value is -0.430. The summed E-state index contributed by atoms with van der Waals surface area (Å²) in [6.45, 7) is 8.42. The van der Waals surface area contributed by atoms with Crippen LogP contribution in [0.15, 0.2) is 4.47 Å². The van der Waals surface area contributed by atoms with E-state index in [4.69, 9.17) is 5.11 Å². The third kappa shape index (κ3) is 3.81. The number of halogens is 1. The molecule has 0 aliphatic carbocycles. The van der Waals surface area contributed by atoms with Crippen molar-refractivity contribution in [2.24, 2.45) is 7.05 Å². The highest BCUT2D eigenvalue weighted by atomic mass is 79.9. The molecule has 0 unspecified atom stereocenters. The second-order valence-electron chi connectivity index (χ2n) is 5.38. The molecule has 1 aromatic rings. The minimum Gasteiger partial charge on any atom is -0.395 e. The van der Waals surface area contributed by atoms with Gasteiger partial charge in [0, 0.05) is 33.2 Å². The largest absolute Gasteiger partial charge is 0.395 e. The van der Waals surface area contributed by atoms with Crippen LogP contribution in [-0.4, -0.2) is 64.0 Å². The van der Waals surface area contributed by atoms with E-state index in [0.29, 0.717) is 0 Å². The molecule has 1 aromatic heterocycles. The molecule has 1 aliphatic rings. The van der Waals surface area contributed by atoms with Crippen molar-refractivity contribution in [3.8, 4) is 0 Å². The van der Waals surface area contributed by atoms with Crippen LogP contribution in [0.25, 0.3) is 0 Å². The highest BCUT2D eigenvalue weighted by Gasteiger charge is 2.18. The first-order chi connectivity index (χ1) is 9.65. The summed E-state index contributed by atoms with van der Waals surface area (Å²) in [5.41, 5.74) is 2.40. The van der Waals surface area contributed by atoms with Crippen molar-refractivity contribution in [3.63, 3.8) is 0 Å². The number of rotatable bonds is 5. The molecule has 5 nitrogen and oxygen atoms in total. The number of aliphatic hydroxyl groups excluding tert-OH is 1. The lowest BCUT2D eigenvalue weighted by Gasteiger charge is -2.21. The molecule has 0 atom stereocenters. The Kier molecular flexibility index (Phi) is 6.01. The molecular formula is C14H25BrN4O. The van der Waals surface area contributed by atoms with Crippen LogP contribution in [0.1, 0.15) is 24.7 Å². The van der Waals surface area contributed by atoms with Gasteiger partial charge in [0.15, 0.2) is 0 Å². The molecule has 0 spiro atoms. The van der Waals surface area contributed by atoms with E-state index in [9.17, 15) is 0 Å². The van der Waals surface area contributed by atoms with E-state index in [2.05, 4.69) is 37.8 Å². The van der Waals surface area contributed by atoms with Gasteiger partial charge >= 0.3 is 0 Å². The van der Waals surface area contributed by atoms with Crippen molar-refractivity contribution >= 4 is 15.9 Å². The molecule has 114 valence electrons. The van der Waals surface area contributed by atoms with E-state index in [-0.39, 0.29) is 6.61 Å². The Labute approximate surface area is 129 Å². The fraction of sp³-hybridized carbons (Fsp3) is 0.786. The van der Waals surface area contributed by atoms with Crippen molar-refractivity contribution in [1.82, 2.24) is 19.6 Å². The topological polar surface area (TPSA) is 44.5 Å². The van der Waals surface area contributed by atoms with Crippen LogP contribution in [0.2, 0.25) is 0 Å². The predicted octanol–water partition coefficient (Wildman–Crippen LogP) is 1.25. The van der Waals surface area contributed by atoms with Crippen molar-refractivity contribution < 1.29 is 5.11 Å². The van der Waals surface area contributed by atoms with Crippen molar-refractivity contribution in [2.75, 3.05) is 39.3 Å². The molecule has 0 bridgehead atoms. The summed E-state index contributed by atoms with van der Waals surface area (Å²) < 4.78 is 3.17. The minimum atomic E-state index is 0.257. The lowest BCUT2D eigenvalue weighted by molar-refractivity contribution is 0.195. The Balaban J connectivity index is 1.98. The number of β-amino-alcohol motifs (C(OH)–C–C–N with tert-alkyl or cyclic N) is 1. The summed E-state index contributed by atoms with van der Waals surface area (Å²) >= 11 is 3.69. The molecule has 0 amide bonds. The van der Waals surface area contributed by atoms with Gasteiger partial charge in [0.2, 0.25) is 0 Å². The average molecular weight is 345 g/mol. The van der Waals surface area contributed by atoms with E-state index in [1.54, 1.807) is 0 Å². The van der Waals surface area contributed by atoms with Crippen LogP contribution in [0.3, 0.4) is 0 Å². The first kappa shape index (κ1) is 15.9. The van der Waals surface area contributed by atoms with Gasteiger partial charge in [-0.25, -0.2) is 0 Å². The number of hydrogen-bond acceptors (Lipinski definition) is 4. The zero-order valence-electron chi connectivity index (χ0n) is 12.5. The molecule has 1 N–H and O–H groups in total. The van der Waals surface area contributed by atoms with Gasteiger partial charge in [-0.3, -0.25) is 14.5 Å². The third-order valence-electron chi connectivity index (χ3n) is 3.97. The van der Waals surface area contributed by atoms with E-state index in [1.807, 2.05) is 11.7 Å². The number of aromatic nitrogens is 2. The molecular weight excluding hydrogens is 320 g/mol. The molecule has 1 fully saturated rings. The molecule has 1 saturated heterocycles. The van der Waals surface area contributed by atoms with Crippen LogP contribution in [-0.2, 0) is 20.0 Å². The summed E-state index contributed by atoms with van der Waals surface area (Å²) in [4.78, 5) is 4.83. The molecule has 6 heteroatoms. The summed E-state index contributed by atoms with van der Waals surface area (Å²) in [6.07, 6.45) is 2.12. The quantitative estimate of drug-likeness (QED) is 0.872. The van der Waals surface area contributed by atoms with Crippen LogP contribution in [0, 0.1) is 0 Å². The lowest BCUT2D eigenvalue weighted by atomic mass is 10.3. The smallest absolute Gasteiger partial charge is 0.0767 e. The first-order valence-corrected chi connectivity index (χ1v) is 8.20. The fourth-order valence-electron chi connectivity index (χ4n) is 2.75. The third-order valence-corrected chi connectivity index (χ3v) is 4.89. The van der Waals surface area contributed by atoms with Crippen molar-refractivity contribution in [3.05, 3.63) is 15.9 Å². The number of aliphatic hydroxyl groups is 1. The van der Waals surface area contributed by atoms with Crippen LogP contribution in [0.4, 0.5) is 0 Å². The van der Waals surface area contributed by atoms with Gasteiger partial charge in [-0.1, -0.05) is 6.92 Å². The Morgan fingerprint density at radius 1 is 1.20 bits per heavy atom. The second kappa shape index (κ2) is 7.54. The van der Waals surface area contributed by atoms with Gasteiger partial charge in [0.1, 0.15) is 0 Å². The Morgan fingerprint density at radius 2 is 1.90 bits per heavy atom. The van der Waals surface area contributed by atoms with E-state index in [0.717, 1.165) is 57.8 Å². The first-order valence-electron chi connectivity index (χ1n) is 7.41. The van der Waals surface area contributed by atoms with Gasteiger partial charge in [-0.2, -0.15) is 5.10 Å². The lowest BCUT2D eigenvalue weighted by Crippen LogP contribution is -2.32. The standard InChI is InChI=1S/C14H25BrN4O/c1-3-12-14(15)13(17(2)16-12)11-19-6-4-5-18(7-8-19)9-10-20/h20H,3-11H2,1-2H3. The summed E-state index contributed by atoms with van der Waals surface area (Å²) in [5, 5.41) is 13.6. The number of aryl methyl sites for hydroxylation is 2. The zero-order valence-corrected chi connectivity index (χ0v) is 14.1. The van der Waals surface area contributed by atoms with Crippen LogP contribution < -0.4 is 0 Å². The Bertz CT molecular complexity index is 435. The molecule has 1 aliphatic heterocycles. The van der Waals surface area contributed by atoms with Crippen molar-refractivity contribution in [2.45, 2.75) is 26.3 Å². The number of hydrogen-bond donors (Lipinski definition) is 1. The summed E-state index contributed by atoms with van der Waals surface area (Å²) in [7, 11) is 2.02. The summed E-state index contributed by atoms with van der Waals surface area (Å²) in [5.74, 6) is 0. The molecule has 20 heavy (non-hydrogen) atoms. The second-order valence-corrected chi connectivity index (χ2v) is 6.17. The van der Waals surface area contributed by atoms with Gasteiger partial charge in [-0.05, 0) is 41.9 Å². The van der Waals surface area contributed by atoms with Crippen LogP contribution >= 0.6 is 15.9 Å². The Morgan fingerprint density at radius 3 is 2.55 bits per heavy atom.